The van der Waals surface area contributed by atoms with E-state index in [0.717, 1.165) is 5.56 Å². The van der Waals surface area contributed by atoms with E-state index in [0.29, 0.717) is 12.4 Å². The second-order valence-corrected chi connectivity index (χ2v) is 6.91. The van der Waals surface area contributed by atoms with Gasteiger partial charge in [-0.25, -0.2) is 0 Å². The number of benzene rings is 1. The minimum Gasteiger partial charge on any atom is -0.503 e. The highest BCUT2D eigenvalue weighted by Gasteiger charge is 2.43. The molecule has 1 atom stereocenters. The molecule has 1 heterocycles. The predicted octanol–water partition coefficient (Wildman–Crippen LogP) is 3.04. The van der Waals surface area contributed by atoms with E-state index in [1.807, 2.05) is 26.0 Å². The van der Waals surface area contributed by atoms with E-state index >= 15 is 0 Å². The fourth-order valence-corrected chi connectivity index (χ4v) is 2.98. The number of rotatable bonds is 8. The number of amides is 1. The van der Waals surface area contributed by atoms with E-state index in [9.17, 15) is 14.7 Å². The molecule has 2 rings (SSSR count). The van der Waals surface area contributed by atoms with E-state index in [-0.39, 0.29) is 29.9 Å². The molecule has 1 aromatic rings. The molecule has 0 fully saturated rings. The fourth-order valence-electron chi connectivity index (χ4n) is 2.98. The third-order valence-corrected chi connectivity index (χ3v) is 4.20. The summed E-state index contributed by atoms with van der Waals surface area (Å²) in [5.41, 5.74) is 0.900. The molecule has 142 valence electrons. The molecular weight excluding hydrogens is 334 g/mol. The summed E-state index contributed by atoms with van der Waals surface area (Å²) < 4.78 is 10.7. The monoisotopic (exact) mass is 361 g/mol. The van der Waals surface area contributed by atoms with Gasteiger partial charge in [-0.3, -0.25) is 9.59 Å². The Morgan fingerprint density at radius 2 is 1.81 bits per heavy atom. The molecule has 1 N–H and O–H groups in total. The highest BCUT2D eigenvalue weighted by Crippen LogP contribution is 2.39. The molecule has 6 heteroatoms. The summed E-state index contributed by atoms with van der Waals surface area (Å²) in [7, 11) is 1.54. The molecule has 0 aromatic heterocycles. The average Bonchev–Trinajstić information content (AvgIpc) is 2.83. The Morgan fingerprint density at radius 3 is 2.31 bits per heavy atom. The first-order chi connectivity index (χ1) is 12.3. The van der Waals surface area contributed by atoms with Crippen molar-refractivity contribution in [3.63, 3.8) is 0 Å². The molecule has 0 saturated carbocycles. The lowest BCUT2D eigenvalue weighted by molar-refractivity contribution is -0.130. The van der Waals surface area contributed by atoms with Crippen LogP contribution >= 0.6 is 0 Å². The molecule has 1 unspecified atom stereocenters. The van der Waals surface area contributed by atoms with E-state index < -0.39 is 17.7 Å². The number of carbonyl (C=O) groups is 2. The molecule has 0 bridgehead atoms. The molecule has 1 aromatic carbocycles. The van der Waals surface area contributed by atoms with E-state index in [1.165, 1.54) is 4.90 Å². The summed E-state index contributed by atoms with van der Waals surface area (Å²) in [6, 6.07) is 6.63. The minimum atomic E-state index is -0.624. The first-order valence-corrected chi connectivity index (χ1v) is 8.81. The Kier molecular flexibility index (Phi) is 6.42. The van der Waals surface area contributed by atoms with E-state index in [1.54, 1.807) is 33.1 Å². The van der Waals surface area contributed by atoms with Gasteiger partial charge in [-0.2, -0.15) is 0 Å². The first kappa shape index (κ1) is 20.0. The Morgan fingerprint density at radius 1 is 1.19 bits per heavy atom. The predicted molar refractivity (Wildman–Crippen MR) is 98.0 cm³/mol. The normalized spacial score (nSPS) is 17.6. The van der Waals surface area contributed by atoms with Crippen molar-refractivity contribution in [3.8, 4) is 5.75 Å². The molecule has 1 aliphatic heterocycles. The van der Waals surface area contributed by atoms with Crippen LogP contribution in [0.4, 0.5) is 0 Å². The maximum Gasteiger partial charge on any atom is 0.290 e. The van der Waals surface area contributed by atoms with Gasteiger partial charge in [-0.1, -0.05) is 26.0 Å². The van der Waals surface area contributed by atoms with Crippen LogP contribution in [0.2, 0.25) is 0 Å². The van der Waals surface area contributed by atoms with Crippen LogP contribution in [0.3, 0.4) is 0 Å². The maximum absolute atomic E-state index is 12.7. The quantitative estimate of drug-likeness (QED) is 0.770. The van der Waals surface area contributed by atoms with Gasteiger partial charge in [0.05, 0.1) is 24.3 Å². The number of aliphatic hydroxyl groups excluding tert-OH is 1. The third kappa shape index (κ3) is 4.07. The van der Waals surface area contributed by atoms with Gasteiger partial charge in [0, 0.05) is 19.6 Å². The molecule has 26 heavy (non-hydrogen) atoms. The number of Topliss-reactive ketones (excluding diaryl/α,β-unsaturated/α-hetero) is 1. The highest BCUT2D eigenvalue weighted by molar-refractivity contribution is 6.09. The first-order valence-electron chi connectivity index (χ1n) is 8.81. The smallest absolute Gasteiger partial charge is 0.290 e. The van der Waals surface area contributed by atoms with Crippen molar-refractivity contribution in [1.29, 1.82) is 0 Å². The van der Waals surface area contributed by atoms with Crippen molar-refractivity contribution >= 4 is 11.7 Å². The van der Waals surface area contributed by atoms with Crippen molar-refractivity contribution in [1.82, 2.24) is 4.90 Å². The van der Waals surface area contributed by atoms with Gasteiger partial charge in [-0.05, 0) is 31.5 Å². The zero-order valence-electron chi connectivity index (χ0n) is 16.0. The highest BCUT2D eigenvalue weighted by atomic mass is 16.5. The number of methoxy groups -OCH3 is 1. The van der Waals surface area contributed by atoms with Crippen LogP contribution in [0.1, 0.15) is 39.3 Å². The maximum atomic E-state index is 12.7. The van der Waals surface area contributed by atoms with Gasteiger partial charge < -0.3 is 19.5 Å². The Balaban J connectivity index is 2.43. The number of carbonyl (C=O) groups excluding carboxylic acids is 2. The number of aliphatic hydroxyl groups is 1. The molecule has 0 radical (unpaired) electrons. The summed E-state index contributed by atoms with van der Waals surface area (Å²) in [5, 5.41) is 10.4. The Bertz CT molecular complexity index is 691. The van der Waals surface area contributed by atoms with Crippen LogP contribution in [-0.2, 0) is 14.3 Å². The number of ketones is 1. The second kappa shape index (κ2) is 8.36. The van der Waals surface area contributed by atoms with Gasteiger partial charge in [0.25, 0.3) is 5.91 Å². The SMILES string of the molecule is COCCN1C(=O)C(O)=C(C(=O)C(C)C)C1c1ccc(OC(C)C)cc1. The molecule has 0 aliphatic carbocycles. The van der Waals surface area contributed by atoms with Crippen LogP contribution in [0.15, 0.2) is 35.6 Å². The second-order valence-electron chi connectivity index (χ2n) is 6.91. The van der Waals surface area contributed by atoms with Gasteiger partial charge in [0.15, 0.2) is 11.5 Å². The van der Waals surface area contributed by atoms with Crippen molar-refractivity contribution in [3.05, 3.63) is 41.2 Å². The zero-order valence-corrected chi connectivity index (χ0v) is 16.0. The summed E-state index contributed by atoms with van der Waals surface area (Å²) in [4.78, 5) is 26.7. The Labute approximate surface area is 154 Å². The fraction of sp³-hybridized carbons (Fsp3) is 0.500. The van der Waals surface area contributed by atoms with E-state index in [2.05, 4.69) is 0 Å². The zero-order chi connectivity index (χ0) is 19.4. The van der Waals surface area contributed by atoms with Gasteiger partial charge >= 0.3 is 0 Å². The summed E-state index contributed by atoms with van der Waals surface area (Å²) in [6.45, 7) is 7.98. The van der Waals surface area contributed by atoms with E-state index in [4.69, 9.17) is 9.47 Å². The summed E-state index contributed by atoms with van der Waals surface area (Å²) in [5.74, 6) is -0.857. The minimum absolute atomic E-state index is 0.0501. The van der Waals surface area contributed by atoms with Gasteiger partial charge in [-0.15, -0.1) is 0 Å². The number of nitrogens with zero attached hydrogens (tertiary/aromatic N) is 1. The Hall–Kier alpha value is -2.34. The number of hydrogen-bond acceptors (Lipinski definition) is 5. The molecule has 0 saturated heterocycles. The number of ether oxygens (including phenoxy) is 2. The lowest BCUT2D eigenvalue weighted by Crippen LogP contribution is -2.34. The van der Waals surface area contributed by atoms with Crippen molar-refractivity contribution < 1.29 is 24.2 Å². The van der Waals surface area contributed by atoms with Crippen molar-refractivity contribution in [2.45, 2.75) is 39.8 Å². The van der Waals surface area contributed by atoms with Crippen molar-refractivity contribution in [2.24, 2.45) is 5.92 Å². The van der Waals surface area contributed by atoms with Gasteiger partial charge in [0.1, 0.15) is 5.75 Å². The van der Waals surface area contributed by atoms with Crippen molar-refractivity contribution in [2.75, 3.05) is 20.3 Å². The summed E-state index contributed by atoms with van der Waals surface area (Å²) in [6.07, 6.45) is 0.0501. The lowest BCUT2D eigenvalue weighted by Gasteiger charge is -2.27. The molecule has 1 amide bonds. The largest absolute Gasteiger partial charge is 0.503 e. The summed E-state index contributed by atoms with van der Waals surface area (Å²) >= 11 is 0. The lowest BCUT2D eigenvalue weighted by atomic mass is 9.91. The molecule has 0 spiro atoms. The topological polar surface area (TPSA) is 76.1 Å². The average molecular weight is 361 g/mol. The molecular formula is C20H27NO5. The molecule has 1 aliphatic rings. The third-order valence-electron chi connectivity index (χ3n) is 4.20. The van der Waals surface area contributed by atoms with Crippen LogP contribution < -0.4 is 4.74 Å². The van der Waals surface area contributed by atoms with Crippen LogP contribution in [0.5, 0.6) is 5.75 Å². The van der Waals surface area contributed by atoms with Crippen LogP contribution in [0, 0.1) is 5.92 Å². The van der Waals surface area contributed by atoms with Crippen LogP contribution in [0.25, 0.3) is 0 Å². The standard InChI is InChI=1S/C20H27NO5/c1-12(2)18(22)16-17(21(10-11-25-5)20(24)19(16)23)14-6-8-15(9-7-14)26-13(3)4/h6-9,12-13,17,23H,10-11H2,1-5H3. The van der Waals surface area contributed by atoms with Crippen LogP contribution in [-0.4, -0.2) is 48.1 Å². The number of hydrogen-bond donors (Lipinski definition) is 1. The van der Waals surface area contributed by atoms with Gasteiger partial charge in [0.2, 0.25) is 0 Å². The molecule has 6 nitrogen and oxygen atoms in total.